The fourth-order valence-corrected chi connectivity index (χ4v) is 1.24. The van der Waals surface area contributed by atoms with Crippen molar-refractivity contribution < 1.29 is 9.63 Å². The minimum Gasteiger partial charge on any atom is -0.324 e. The zero-order valence-corrected chi connectivity index (χ0v) is 9.01. The van der Waals surface area contributed by atoms with Gasteiger partial charge in [0.15, 0.2) is 0 Å². The highest BCUT2D eigenvalue weighted by atomic mass is 16.7. The van der Waals surface area contributed by atoms with Gasteiger partial charge in [-0.2, -0.15) is 0 Å². The summed E-state index contributed by atoms with van der Waals surface area (Å²) in [5.74, 6) is -0.131. The minimum absolute atomic E-state index is 0.131. The monoisotopic (exact) mass is 208 g/mol. The van der Waals surface area contributed by atoms with Gasteiger partial charge in [-0.15, -0.1) is 0 Å². The van der Waals surface area contributed by atoms with E-state index >= 15 is 0 Å². The van der Waals surface area contributed by atoms with E-state index < -0.39 is 0 Å². The molecule has 0 aromatic heterocycles. The van der Waals surface area contributed by atoms with E-state index in [0.29, 0.717) is 0 Å². The molecule has 82 valence electrons. The molecule has 0 aliphatic heterocycles. The van der Waals surface area contributed by atoms with Gasteiger partial charge in [0, 0.05) is 19.5 Å². The Hall–Kier alpha value is -1.39. The van der Waals surface area contributed by atoms with Crippen LogP contribution in [-0.2, 0) is 9.63 Å². The number of nitrogens with zero attached hydrogens (tertiary/aromatic N) is 1. The zero-order valence-electron chi connectivity index (χ0n) is 9.01. The second-order valence-corrected chi connectivity index (χ2v) is 3.30. The first-order valence-corrected chi connectivity index (χ1v) is 4.76. The summed E-state index contributed by atoms with van der Waals surface area (Å²) in [5, 5.41) is 1.18. The number of hydrogen-bond donors (Lipinski definition) is 1. The lowest BCUT2D eigenvalue weighted by molar-refractivity contribution is -0.169. The number of carbonyl (C=O) groups is 1. The van der Waals surface area contributed by atoms with E-state index in [2.05, 4.69) is 0 Å². The van der Waals surface area contributed by atoms with E-state index in [-0.39, 0.29) is 18.4 Å². The molecule has 0 saturated carbocycles. The molecule has 15 heavy (non-hydrogen) atoms. The number of benzene rings is 1. The second kappa shape index (κ2) is 5.48. The third-order valence-electron chi connectivity index (χ3n) is 2.25. The summed E-state index contributed by atoms with van der Waals surface area (Å²) >= 11 is 0. The molecule has 0 fully saturated rings. The van der Waals surface area contributed by atoms with Gasteiger partial charge in [-0.3, -0.25) is 9.63 Å². The first-order chi connectivity index (χ1) is 7.15. The maximum absolute atomic E-state index is 11.5. The highest BCUT2D eigenvalue weighted by Crippen LogP contribution is 2.14. The zero-order chi connectivity index (χ0) is 11.3. The summed E-state index contributed by atoms with van der Waals surface area (Å²) in [6, 6.07) is 9.25. The SMILES string of the molecule is CON(C)C(=O)CC(N)c1ccccc1. The first-order valence-electron chi connectivity index (χ1n) is 4.76. The molecule has 0 bridgehead atoms. The summed E-state index contributed by atoms with van der Waals surface area (Å²) in [6.07, 6.45) is 0.244. The van der Waals surface area contributed by atoms with Crippen LogP contribution in [0.2, 0.25) is 0 Å². The van der Waals surface area contributed by atoms with Crippen LogP contribution in [0.3, 0.4) is 0 Å². The third-order valence-corrected chi connectivity index (χ3v) is 2.25. The Morgan fingerprint density at radius 3 is 2.60 bits per heavy atom. The Labute approximate surface area is 89.6 Å². The number of hydrogen-bond acceptors (Lipinski definition) is 3. The number of rotatable bonds is 4. The normalized spacial score (nSPS) is 12.2. The van der Waals surface area contributed by atoms with Crippen molar-refractivity contribution >= 4 is 5.91 Å². The Kier molecular flexibility index (Phi) is 4.27. The number of nitrogens with two attached hydrogens (primary N) is 1. The molecule has 1 rings (SSSR count). The molecule has 1 aromatic rings. The van der Waals surface area contributed by atoms with Gasteiger partial charge in [0.2, 0.25) is 5.91 Å². The van der Waals surface area contributed by atoms with Crippen molar-refractivity contribution in [3.8, 4) is 0 Å². The molecular formula is C11H16N2O2. The number of carbonyl (C=O) groups excluding carboxylic acids is 1. The Morgan fingerprint density at radius 1 is 1.47 bits per heavy atom. The van der Waals surface area contributed by atoms with Gasteiger partial charge in [0.1, 0.15) is 0 Å². The van der Waals surface area contributed by atoms with Crippen molar-refractivity contribution in [1.29, 1.82) is 0 Å². The molecule has 0 heterocycles. The van der Waals surface area contributed by atoms with Crippen LogP contribution >= 0.6 is 0 Å². The van der Waals surface area contributed by atoms with E-state index in [9.17, 15) is 4.79 Å². The van der Waals surface area contributed by atoms with Gasteiger partial charge in [0.25, 0.3) is 0 Å². The van der Waals surface area contributed by atoms with Gasteiger partial charge >= 0.3 is 0 Å². The predicted octanol–water partition coefficient (Wildman–Crippen LogP) is 1.10. The highest BCUT2D eigenvalue weighted by molar-refractivity contribution is 5.75. The molecule has 1 atom stereocenters. The fourth-order valence-electron chi connectivity index (χ4n) is 1.24. The largest absolute Gasteiger partial charge is 0.324 e. The number of hydroxylamine groups is 2. The van der Waals surface area contributed by atoms with Crippen LogP contribution in [0.5, 0.6) is 0 Å². The van der Waals surface area contributed by atoms with Crippen LogP contribution in [0.25, 0.3) is 0 Å². The van der Waals surface area contributed by atoms with Crippen molar-refractivity contribution in [1.82, 2.24) is 5.06 Å². The van der Waals surface area contributed by atoms with E-state index in [0.717, 1.165) is 5.56 Å². The minimum atomic E-state index is -0.281. The van der Waals surface area contributed by atoms with E-state index in [1.165, 1.54) is 12.2 Å². The van der Waals surface area contributed by atoms with Gasteiger partial charge in [-0.05, 0) is 5.56 Å². The van der Waals surface area contributed by atoms with Crippen molar-refractivity contribution in [3.05, 3.63) is 35.9 Å². The maximum Gasteiger partial charge on any atom is 0.247 e. The smallest absolute Gasteiger partial charge is 0.247 e. The van der Waals surface area contributed by atoms with Gasteiger partial charge in [-0.25, -0.2) is 5.06 Å². The Balaban J connectivity index is 2.56. The summed E-state index contributed by atoms with van der Waals surface area (Å²) < 4.78 is 0. The van der Waals surface area contributed by atoms with E-state index in [1.807, 2.05) is 30.3 Å². The first kappa shape index (κ1) is 11.7. The van der Waals surface area contributed by atoms with Crippen LogP contribution in [0.4, 0.5) is 0 Å². The number of amides is 1. The Morgan fingerprint density at radius 2 is 2.07 bits per heavy atom. The van der Waals surface area contributed by atoms with Crippen LogP contribution in [0.1, 0.15) is 18.0 Å². The molecule has 0 saturated heterocycles. The van der Waals surface area contributed by atoms with E-state index in [4.69, 9.17) is 10.6 Å². The molecule has 0 aliphatic carbocycles. The molecular weight excluding hydrogens is 192 g/mol. The third kappa shape index (κ3) is 3.34. The summed E-state index contributed by atoms with van der Waals surface area (Å²) in [5.41, 5.74) is 6.84. The molecule has 4 nitrogen and oxygen atoms in total. The van der Waals surface area contributed by atoms with Crippen LogP contribution in [0, 0.1) is 0 Å². The standard InChI is InChI=1S/C11H16N2O2/c1-13(15-2)11(14)8-10(12)9-6-4-3-5-7-9/h3-7,10H,8,12H2,1-2H3. The van der Waals surface area contributed by atoms with Gasteiger partial charge in [0.05, 0.1) is 7.11 Å². The van der Waals surface area contributed by atoms with Gasteiger partial charge in [-0.1, -0.05) is 30.3 Å². The van der Waals surface area contributed by atoms with Crippen LogP contribution in [0.15, 0.2) is 30.3 Å². The second-order valence-electron chi connectivity index (χ2n) is 3.30. The molecule has 1 amide bonds. The lowest BCUT2D eigenvalue weighted by Crippen LogP contribution is -2.28. The highest BCUT2D eigenvalue weighted by Gasteiger charge is 2.14. The predicted molar refractivity (Wildman–Crippen MR) is 57.8 cm³/mol. The maximum atomic E-state index is 11.5. The van der Waals surface area contributed by atoms with Crippen LogP contribution in [-0.4, -0.2) is 25.1 Å². The average Bonchev–Trinajstić information content (AvgIpc) is 2.29. The van der Waals surface area contributed by atoms with Crippen LogP contribution < -0.4 is 5.73 Å². The fraction of sp³-hybridized carbons (Fsp3) is 0.364. The van der Waals surface area contributed by atoms with Crippen molar-refractivity contribution in [2.24, 2.45) is 5.73 Å². The lowest BCUT2D eigenvalue weighted by Gasteiger charge is -2.17. The summed E-state index contributed by atoms with van der Waals surface area (Å²) in [7, 11) is 3.02. The Bertz CT molecular complexity index is 314. The summed E-state index contributed by atoms with van der Waals surface area (Å²) in [4.78, 5) is 16.3. The molecule has 0 radical (unpaired) electrons. The quantitative estimate of drug-likeness (QED) is 0.754. The van der Waals surface area contributed by atoms with Crippen molar-refractivity contribution in [2.75, 3.05) is 14.2 Å². The molecule has 1 aromatic carbocycles. The average molecular weight is 208 g/mol. The molecule has 0 aliphatic rings. The molecule has 4 heteroatoms. The van der Waals surface area contributed by atoms with E-state index in [1.54, 1.807) is 7.05 Å². The lowest BCUT2D eigenvalue weighted by atomic mass is 10.0. The van der Waals surface area contributed by atoms with Crippen molar-refractivity contribution in [3.63, 3.8) is 0 Å². The molecule has 0 spiro atoms. The summed E-state index contributed by atoms with van der Waals surface area (Å²) in [6.45, 7) is 0. The molecule has 1 unspecified atom stereocenters. The van der Waals surface area contributed by atoms with Gasteiger partial charge < -0.3 is 5.73 Å². The topological polar surface area (TPSA) is 55.6 Å². The molecule has 2 N–H and O–H groups in total. The van der Waals surface area contributed by atoms with Crippen molar-refractivity contribution in [2.45, 2.75) is 12.5 Å².